The smallest absolute Gasteiger partial charge is 0.261 e. The van der Waals surface area contributed by atoms with Crippen LogP contribution in [0.5, 0.6) is 0 Å². The second kappa shape index (κ2) is 6.59. The van der Waals surface area contributed by atoms with Crippen molar-refractivity contribution in [2.45, 2.75) is 19.3 Å². The van der Waals surface area contributed by atoms with E-state index in [4.69, 9.17) is 0 Å². The Labute approximate surface area is 147 Å². The summed E-state index contributed by atoms with van der Waals surface area (Å²) in [7, 11) is 0. The van der Waals surface area contributed by atoms with Crippen molar-refractivity contribution >= 4 is 17.7 Å². The van der Waals surface area contributed by atoms with Crippen LogP contribution in [0.25, 0.3) is 0 Å². The Hall–Kier alpha value is -2.21. The Morgan fingerprint density at radius 1 is 1.00 bits per heavy atom. The third-order valence-corrected chi connectivity index (χ3v) is 5.80. The fourth-order valence-electron chi connectivity index (χ4n) is 4.28. The highest BCUT2D eigenvalue weighted by molar-refractivity contribution is 6.21. The molecule has 0 spiro atoms. The van der Waals surface area contributed by atoms with E-state index in [2.05, 4.69) is 5.32 Å². The summed E-state index contributed by atoms with van der Waals surface area (Å²) in [5.74, 6) is 0.822. The highest BCUT2D eigenvalue weighted by atomic mass is 16.2. The molecule has 2 saturated heterocycles. The van der Waals surface area contributed by atoms with Gasteiger partial charge in [-0.25, -0.2) is 0 Å². The molecule has 2 fully saturated rings. The van der Waals surface area contributed by atoms with E-state index in [9.17, 15) is 14.4 Å². The van der Waals surface area contributed by atoms with Gasteiger partial charge in [0.15, 0.2) is 0 Å². The SMILES string of the molecule is O=C(CCN1C(=O)c2ccccc2C1=O)N1CC[C@@H]2CNC[C@@H]2CC1. The average Bonchev–Trinajstić information content (AvgIpc) is 3.10. The van der Waals surface area contributed by atoms with Crippen molar-refractivity contribution < 1.29 is 14.4 Å². The molecular formula is C19H23N3O3. The van der Waals surface area contributed by atoms with E-state index >= 15 is 0 Å². The fraction of sp³-hybridized carbons (Fsp3) is 0.526. The first-order valence-corrected chi connectivity index (χ1v) is 9.09. The van der Waals surface area contributed by atoms with Crippen LogP contribution in [0.1, 0.15) is 40.0 Å². The van der Waals surface area contributed by atoms with Gasteiger partial charge in [0.25, 0.3) is 11.8 Å². The first-order valence-electron chi connectivity index (χ1n) is 9.09. The van der Waals surface area contributed by atoms with Gasteiger partial charge in [0.05, 0.1) is 11.1 Å². The lowest BCUT2D eigenvalue weighted by Crippen LogP contribution is -2.37. The number of hydrogen-bond donors (Lipinski definition) is 1. The van der Waals surface area contributed by atoms with Crippen molar-refractivity contribution in [3.63, 3.8) is 0 Å². The van der Waals surface area contributed by atoms with Crippen LogP contribution >= 0.6 is 0 Å². The van der Waals surface area contributed by atoms with E-state index in [-0.39, 0.29) is 30.7 Å². The molecule has 0 unspecified atom stereocenters. The number of imide groups is 1. The van der Waals surface area contributed by atoms with Gasteiger partial charge in [0.2, 0.25) is 5.91 Å². The number of carbonyl (C=O) groups excluding carboxylic acids is 3. The van der Waals surface area contributed by atoms with Gasteiger partial charge in [-0.2, -0.15) is 0 Å². The zero-order valence-corrected chi connectivity index (χ0v) is 14.2. The average molecular weight is 341 g/mol. The van der Waals surface area contributed by atoms with E-state index in [1.54, 1.807) is 24.3 Å². The van der Waals surface area contributed by atoms with Crippen LogP contribution in [0.4, 0.5) is 0 Å². The normalized spacial score (nSPS) is 25.8. The molecule has 2 atom stereocenters. The number of nitrogens with zero attached hydrogens (tertiary/aromatic N) is 2. The zero-order chi connectivity index (χ0) is 17.4. The van der Waals surface area contributed by atoms with Crippen molar-refractivity contribution in [3.05, 3.63) is 35.4 Å². The number of carbonyl (C=O) groups is 3. The van der Waals surface area contributed by atoms with Crippen molar-refractivity contribution in [1.82, 2.24) is 15.1 Å². The molecule has 3 amide bonds. The molecule has 0 bridgehead atoms. The van der Waals surface area contributed by atoms with E-state index in [1.165, 1.54) is 4.90 Å². The van der Waals surface area contributed by atoms with Gasteiger partial charge in [0, 0.05) is 26.1 Å². The molecule has 3 aliphatic rings. The molecule has 0 radical (unpaired) electrons. The maximum Gasteiger partial charge on any atom is 0.261 e. The van der Waals surface area contributed by atoms with Crippen molar-refractivity contribution in [3.8, 4) is 0 Å². The summed E-state index contributed by atoms with van der Waals surface area (Å²) in [6, 6.07) is 6.83. The molecule has 6 heteroatoms. The van der Waals surface area contributed by atoms with Crippen molar-refractivity contribution in [2.24, 2.45) is 11.8 Å². The van der Waals surface area contributed by atoms with Crippen LogP contribution in [-0.4, -0.2) is 60.2 Å². The molecular weight excluding hydrogens is 318 g/mol. The van der Waals surface area contributed by atoms with Gasteiger partial charge >= 0.3 is 0 Å². The van der Waals surface area contributed by atoms with Gasteiger partial charge in [-0.05, 0) is 49.9 Å². The number of fused-ring (bicyclic) bond motifs is 2. The lowest BCUT2D eigenvalue weighted by atomic mass is 9.92. The van der Waals surface area contributed by atoms with Gasteiger partial charge in [-0.1, -0.05) is 12.1 Å². The largest absolute Gasteiger partial charge is 0.343 e. The lowest BCUT2D eigenvalue weighted by Gasteiger charge is -2.22. The maximum absolute atomic E-state index is 12.6. The number of hydrogen-bond acceptors (Lipinski definition) is 4. The molecule has 0 saturated carbocycles. The Morgan fingerprint density at radius 3 is 2.12 bits per heavy atom. The number of benzene rings is 1. The molecule has 1 aromatic rings. The van der Waals surface area contributed by atoms with Crippen molar-refractivity contribution in [1.29, 1.82) is 0 Å². The summed E-state index contributed by atoms with van der Waals surface area (Å²) >= 11 is 0. The minimum Gasteiger partial charge on any atom is -0.343 e. The Bertz CT molecular complexity index is 669. The molecule has 3 aliphatic heterocycles. The first-order chi connectivity index (χ1) is 12.1. The minimum absolute atomic E-state index is 0.0458. The van der Waals surface area contributed by atoms with Crippen LogP contribution in [-0.2, 0) is 4.79 Å². The molecule has 132 valence electrons. The molecule has 0 aliphatic carbocycles. The Morgan fingerprint density at radius 2 is 1.56 bits per heavy atom. The van der Waals surface area contributed by atoms with Gasteiger partial charge in [-0.15, -0.1) is 0 Å². The van der Waals surface area contributed by atoms with E-state index in [0.29, 0.717) is 23.0 Å². The number of likely N-dealkylation sites (tertiary alicyclic amines) is 1. The minimum atomic E-state index is -0.287. The summed E-state index contributed by atoms with van der Waals surface area (Å²) in [4.78, 5) is 40.4. The lowest BCUT2D eigenvalue weighted by molar-refractivity contribution is -0.131. The predicted octanol–water partition coefficient (Wildman–Crippen LogP) is 1.13. The van der Waals surface area contributed by atoms with Gasteiger partial charge in [0.1, 0.15) is 0 Å². The first kappa shape index (κ1) is 16.3. The molecule has 6 nitrogen and oxygen atoms in total. The third kappa shape index (κ3) is 2.95. The second-order valence-electron chi connectivity index (χ2n) is 7.19. The quantitative estimate of drug-likeness (QED) is 0.837. The monoisotopic (exact) mass is 341 g/mol. The van der Waals surface area contributed by atoms with Crippen LogP contribution in [0, 0.1) is 11.8 Å². The van der Waals surface area contributed by atoms with Crippen LogP contribution in [0.2, 0.25) is 0 Å². The molecule has 1 N–H and O–H groups in total. The third-order valence-electron chi connectivity index (χ3n) is 5.80. The summed E-state index contributed by atoms with van der Waals surface area (Å²) in [5.41, 5.74) is 0.880. The second-order valence-corrected chi connectivity index (χ2v) is 7.19. The highest BCUT2D eigenvalue weighted by Crippen LogP contribution is 2.27. The summed E-state index contributed by atoms with van der Waals surface area (Å²) in [5, 5.41) is 3.43. The molecule has 25 heavy (non-hydrogen) atoms. The Kier molecular flexibility index (Phi) is 4.29. The Balaban J connectivity index is 1.35. The number of nitrogens with one attached hydrogen (secondary N) is 1. The summed E-state index contributed by atoms with van der Waals surface area (Å²) in [6.45, 7) is 3.84. The molecule has 3 heterocycles. The molecule has 0 aromatic heterocycles. The topological polar surface area (TPSA) is 69.7 Å². The van der Waals surface area contributed by atoms with Gasteiger partial charge < -0.3 is 10.2 Å². The van der Waals surface area contributed by atoms with Crippen LogP contribution in [0.15, 0.2) is 24.3 Å². The van der Waals surface area contributed by atoms with E-state index in [0.717, 1.165) is 39.0 Å². The van der Waals surface area contributed by atoms with E-state index in [1.807, 2.05) is 4.90 Å². The zero-order valence-electron chi connectivity index (χ0n) is 14.2. The standard InChI is InChI=1S/C19H23N3O3/c23-17(21-8-5-13-11-20-12-14(13)6-9-21)7-10-22-18(24)15-3-1-2-4-16(15)19(22)25/h1-4,13-14,20H,5-12H2/t13-,14+. The fourth-order valence-corrected chi connectivity index (χ4v) is 4.28. The predicted molar refractivity (Wildman–Crippen MR) is 92.1 cm³/mol. The molecule has 1 aromatic carbocycles. The highest BCUT2D eigenvalue weighted by Gasteiger charge is 2.36. The number of rotatable bonds is 3. The number of amides is 3. The van der Waals surface area contributed by atoms with Crippen LogP contribution < -0.4 is 5.32 Å². The summed E-state index contributed by atoms with van der Waals surface area (Å²) in [6.07, 6.45) is 2.28. The van der Waals surface area contributed by atoms with Crippen LogP contribution in [0.3, 0.4) is 0 Å². The summed E-state index contributed by atoms with van der Waals surface area (Å²) < 4.78 is 0. The maximum atomic E-state index is 12.6. The van der Waals surface area contributed by atoms with E-state index < -0.39 is 0 Å². The molecule has 4 rings (SSSR count). The van der Waals surface area contributed by atoms with Gasteiger partial charge in [-0.3, -0.25) is 19.3 Å². The van der Waals surface area contributed by atoms with Crippen molar-refractivity contribution in [2.75, 3.05) is 32.7 Å².